The Hall–Kier alpha value is -0.570. The van der Waals surface area contributed by atoms with E-state index in [1.54, 1.807) is 6.07 Å². The van der Waals surface area contributed by atoms with Crippen LogP contribution < -0.4 is 5.73 Å². The molecule has 1 aromatic rings. The molecule has 0 aliphatic heterocycles. The van der Waals surface area contributed by atoms with Gasteiger partial charge in [0.2, 0.25) is 0 Å². The van der Waals surface area contributed by atoms with Crippen molar-refractivity contribution >= 4 is 11.6 Å². The van der Waals surface area contributed by atoms with Crippen LogP contribution in [0.25, 0.3) is 0 Å². The molecule has 2 nitrogen and oxygen atoms in total. The number of hydrogen-bond donors (Lipinski definition) is 2. The standard InChI is InChI=1S/C10H14ClNO/c1-2-7-4-3-5-8(11)10(7)9(12)6-13/h3-5,9,13H,2,6,12H2,1H3. The molecule has 0 saturated heterocycles. The minimum absolute atomic E-state index is 0.0727. The van der Waals surface area contributed by atoms with E-state index in [9.17, 15) is 0 Å². The molecule has 1 rings (SSSR count). The molecule has 72 valence electrons. The Balaban J connectivity index is 3.14. The Labute approximate surface area is 83.3 Å². The molecule has 0 bridgehead atoms. The van der Waals surface area contributed by atoms with Crippen molar-refractivity contribution < 1.29 is 5.11 Å². The van der Waals surface area contributed by atoms with Gasteiger partial charge in [-0.05, 0) is 23.6 Å². The van der Waals surface area contributed by atoms with Gasteiger partial charge in [-0.15, -0.1) is 0 Å². The molecule has 3 heteroatoms. The lowest BCUT2D eigenvalue weighted by atomic mass is 9.99. The summed E-state index contributed by atoms with van der Waals surface area (Å²) < 4.78 is 0. The molecule has 13 heavy (non-hydrogen) atoms. The van der Waals surface area contributed by atoms with Crippen LogP contribution in [-0.2, 0) is 6.42 Å². The predicted molar refractivity (Wildman–Crippen MR) is 54.8 cm³/mol. The Morgan fingerprint density at radius 1 is 1.54 bits per heavy atom. The van der Waals surface area contributed by atoms with Crippen molar-refractivity contribution in [3.63, 3.8) is 0 Å². The van der Waals surface area contributed by atoms with E-state index >= 15 is 0 Å². The average Bonchev–Trinajstić information content (AvgIpc) is 2.16. The minimum Gasteiger partial charge on any atom is -0.394 e. The highest BCUT2D eigenvalue weighted by Gasteiger charge is 2.12. The molecule has 1 aromatic carbocycles. The highest BCUT2D eigenvalue weighted by Crippen LogP contribution is 2.25. The number of halogens is 1. The summed E-state index contributed by atoms with van der Waals surface area (Å²) >= 11 is 5.99. The van der Waals surface area contributed by atoms with Crippen LogP contribution in [0.2, 0.25) is 5.02 Å². The van der Waals surface area contributed by atoms with Crippen LogP contribution in [0.4, 0.5) is 0 Å². The Morgan fingerprint density at radius 2 is 2.23 bits per heavy atom. The molecular formula is C10H14ClNO. The van der Waals surface area contributed by atoms with Gasteiger partial charge in [0.15, 0.2) is 0 Å². The summed E-state index contributed by atoms with van der Waals surface area (Å²) in [7, 11) is 0. The maximum Gasteiger partial charge on any atom is 0.0625 e. The zero-order chi connectivity index (χ0) is 9.84. The molecule has 0 fully saturated rings. The van der Waals surface area contributed by atoms with E-state index in [1.165, 1.54) is 0 Å². The van der Waals surface area contributed by atoms with Gasteiger partial charge in [-0.1, -0.05) is 30.7 Å². The normalized spacial score (nSPS) is 12.9. The van der Waals surface area contributed by atoms with E-state index in [4.69, 9.17) is 22.4 Å². The van der Waals surface area contributed by atoms with Gasteiger partial charge in [-0.3, -0.25) is 0 Å². The van der Waals surface area contributed by atoms with Gasteiger partial charge in [-0.2, -0.15) is 0 Å². The number of benzene rings is 1. The summed E-state index contributed by atoms with van der Waals surface area (Å²) in [6, 6.07) is 5.31. The third-order valence-corrected chi connectivity index (χ3v) is 2.42. The van der Waals surface area contributed by atoms with E-state index in [2.05, 4.69) is 0 Å². The van der Waals surface area contributed by atoms with Gasteiger partial charge in [0.25, 0.3) is 0 Å². The van der Waals surface area contributed by atoms with Crippen LogP contribution in [0.1, 0.15) is 24.1 Å². The largest absolute Gasteiger partial charge is 0.394 e. The number of nitrogens with two attached hydrogens (primary N) is 1. The molecule has 0 aliphatic carbocycles. The van der Waals surface area contributed by atoms with Crippen molar-refractivity contribution in [2.24, 2.45) is 5.73 Å². The lowest BCUT2D eigenvalue weighted by molar-refractivity contribution is 0.267. The molecule has 0 aliphatic rings. The SMILES string of the molecule is CCc1cccc(Cl)c1C(N)CO. The van der Waals surface area contributed by atoms with Gasteiger partial charge >= 0.3 is 0 Å². The second-order valence-electron chi connectivity index (χ2n) is 2.96. The topological polar surface area (TPSA) is 46.2 Å². The van der Waals surface area contributed by atoms with Gasteiger partial charge in [0.1, 0.15) is 0 Å². The fourth-order valence-electron chi connectivity index (χ4n) is 1.40. The molecule has 1 atom stereocenters. The zero-order valence-electron chi connectivity index (χ0n) is 7.63. The van der Waals surface area contributed by atoms with Crippen LogP contribution in [0.3, 0.4) is 0 Å². The van der Waals surface area contributed by atoms with E-state index in [0.29, 0.717) is 5.02 Å². The zero-order valence-corrected chi connectivity index (χ0v) is 8.38. The molecule has 0 aromatic heterocycles. The van der Waals surface area contributed by atoms with Crippen molar-refractivity contribution in [1.29, 1.82) is 0 Å². The van der Waals surface area contributed by atoms with Crippen molar-refractivity contribution in [1.82, 2.24) is 0 Å². The summed E-state index contributed by atoms with van der Waals surface area (Å²) in [6.07, 6.45) is 0.879. The summed E-state index contributed by atoms with van der Waals surface area (Å²) in [4.78, 5) is 0. The predicted octanol–water partition coefficient (Wildman–Crippen LogP) is 1.89. The van der Waals surface area contributed by atoms with Crippen LogP contribution in [-0.4, -0.2) is 11.7 Å². The number of rotatable bonds is 3. The Kier molecular flexibility index (Phi) is 3.72. The van der Waals surface area contributed by atoms with Crippen molar-refractivity contribution in [3.8, 4) is 0 Å². The summed E-state index contributed by atoms with van der Waals surface area (Å²) in [5.74, 6) is 0. The van der Waals surface area contributed by atoms with Crippen LogP contribution >= 0.6 is 11.6 Å². The summed E-state index contributed by atoms with van der Waals surface area (Å²) in [5, 5.41) is 9.59. The minimum atomic E-state index is -0.372. The Morgan fingerprint density at radius 3 is 2.77 bits per heavy atom. The lowest BCUT2D eigenvalue weighted by Crippen LogP contribution is -2.16. The van der Waals surface area contributed by atoms with Gasteiger partial charge in [-0.25, -0.2) is 0 Å². The van der Waals surface area contributed by atoms with Gasteiger partial charge < -0.3 is 10.8 Å². The van der Waals surface area contributed by atoms with E-state index < -0.39 is 0 Å². The number of aliphatic hydroxyl groups excluding tert-OH is 1. The van der Waals surface area contributed by atoms with Gasteiger partial charge in [0, 0.05) is 5.02 Å². The maximum absolute atomic E-state index is 8.95. The van der Waals surface area contributed by atoms with Gasteiger partial charge in [0.05, 0.1) is 12.6 Å². The number of aliphatic hydroxyl groups is 1. The van der Waals surface area contributed by atoms with Crippen molar-refractivity contribution in [3.05, 3.63) is 34.3 Å². The van der Waals surface area contributed by atoms with Crippen LogP contribution in [0, 0.1) is 0 Å². The monoisotopic (exact) mass is 199 g/mol. The van der Waals surface area contributed by atoms with Crippen molar-refractivity contribution in [2.45, 2.75) is 19.4 Å². The summed E-state index contributed by atoms with van der Waals surface area (Å²) in [6.45, 7) is 1.97. The molecule has 0 amide bonds. The lowest BCUT2D eigenvalue weighted by Gasteiger charge is -2.14. The van der Waals surface area contributed by atoms with Crippen molar-refractivity contribution in [2.75, 3.05) is 6.61 Å². The fourth-order valence-corrected chi connectivity index (χ4v) is 1.73. The van der Waals surface area contributed by atoms with E-state index in [0.717, 1.165) is 17.5 Å². The molecule has 0 saturated carbocycles. The first kappa shape index (κ1) is 10.5. The summed E-state index contributed by atoms with van der Waals surface area (Å²) in [5.41, 5.74) is 7.71. The maximum atomic E-state index is 8.95. The number of aryl methyl sites for hydroxylation is 1. The third-order valence-electron chi connectivity index (χ3n) is 2.09. The number of hydrogen-bond acceptors (Lipinski definition) is 2. The van der Waals surface area contributed by atoms with E-state index in [1.807, 2.05) is 19.1 Å². The first-order chi connectivity index (χ1) is 6.20. The molecule has 0 spiro atoms. The fraction of sp³-hybridized carbons (Fsp3) is 0.400. The first-order valence-corrected chi connectivity index (χ1v) is 4.72. The highest BCUT2D eigenvalue weighted by atomic mass is 35.5. The molecule has 0 heterocycles. The molecule has 0 radical (unpaired) electrons. The Bertz CT molecular complexity index is 288. The molecule has 1 unspecified atom stereocenters. The average molecular weight is 200 g/mol. The third kappa shape index (κ3) is 2.21. The van der Waals surface area contributed by atoms with Crippen LogP contribution in [0.15, 0.2) is 18.2 Å². The van der Waals surface area contributed by atoms with Crippen LogP contribution in [0.5, 0.6) is 0 Å². The smallest absolute Gasteiger partial charge is 0.0625 e. The first-order valence-electron chi connectivity index (χ1n) is 4.34. The quantitative estimate of drug-likeness (QED) is 0.781. The van der Waals surface area contributed by atoms with E-state index in [-0.39, 0.29) is 12.6 Å². The molecular weight excluding hydrogens is 186 g/mol. The second kappa shape index (κ2) is 4.61. The molecule has 3 N–H and O–H groups in total. The second-order valence-corrected chi connectivity index (χ2v) is 3.36. The highest BCUT2D eigenvalue weighted by molar-refractivity contribution is 6.31.